The van der Waals surface area contributed by atoms with Crippen molar-refractivity contribution in [1.82, 2.24) is 30.0 Å². The molecule has 458 valence electrons. The molecule has 2 saturated heterocycles. The molecule has 2 aromatic heterocycles. The first-order chi connectivity index (χ1) is 44.0. The second-order valence-electron chi connectivity index (χ2n) is 19.9. The van der Waals surface area contributed by atoms with Gasteiger partial charge in [-0.3, -0.25) is 9.36 Å². The van der Waals surface area contributed by atoms with Gasteiger partial charge in [0.05, 0.1) is 85.2 Å². The van der Waals surface area contributed by atoms with Gasteiger partial charge in [-0.2, -0.15) is 0 Å². The minimum absolute atomic E-state index is 0.115. The highest BCUT2D eigenvalue weighted by atomic mass is 16.7. The minimum atomic E-state index is -1.62. The molecule has 2 fully saturated rings. The molecule has 0 N–H and O–H groups in total. The Balaban J connectivity index is 0.854. The van der Waals surface area contributed by atoms with Gasteiger partial charge in [-0.1, -0.05) is 130 Å². The molecular weight excluding hydrogens is 1170 g/mol. The Hall–Kier alpha value is -11.1. The zero-order valence-electron chi connectivity index (χ0n) is 47.4. The van der Waals surface area contributed by atoms with Gasteiger partial charge >= 0.3 is 35.8 Å². The van der Waals surface area contributed by atoms with E-state index in [1.54, 1.807) is 122 Å². The third-order valence-electron chi connectivity index (χ3n) is 13.9. The number of ether oxygens (including phenoxy) is 10. The number of carbonyl (C=O) groups excluding carboxylic acids is 6. The molecule has 0 spiro atoms. The lowest BCUT2D eigenvalue weighted by Crippen LogP contribution is -2.62. The molecule has 6 aromatic carbocycles. The third kappa shape index (κ3) is 16.1. The number of aryl methyl sites for hydroxylation is 2. The van der Waals surface area contributed by atoms with Crippen LogP contribution in [0, 0.1) is 0 Å². The van der Waals surface area contributed by atoms with Crippen molar-refractivity contribution >= 4 is 35.8 Å². The maximum Gasteiger partial charge on any atom is 0.338 e. The molecule has 0 radical (unpaired) electrons. The van der Waals surface area contributed by atoms with Crippen LogP contribution in [0.25, 0.3) is 20.9 Å². The topological polar surface area (TPSA) is 354 Å². The fourth-order valence-electron chi connectivity index (χ4n) is 9.52. The van der Waals surface area contributed by atoms with Crippen LogP contribution in [0.15, 0.2) is 205 Å². The predicted molar refractivity (Wildman–Crippen MR) is 309 cm³/mol. The summed E-state index contributed by atoms with van der Waals surface area (Å²) < 4.78 is 64.5. The van der Waals surface area contributed by atoms with E-state index < -0.39 is 110 Å². The zero-order valence-corrected chi connectivity index (χ0v) is 47.4. The average molecular weight is 1220 g/mol. The van der Waals surface area contributed by atoms with Gasteiger partial charge in [0, 0.05) is 9.82 Å². The molecule has 2 aliphatic rings. The molecule has 0 aliphatic carbocycles. The highest BCUT2D eigenvalue weighted by Crippen LogP contribution is 2.34. The second-order valence-corrected chi connectivity index (χ2v) is 19.9. The Labute approximate surface area is 511 Å². The standard InChI is InChI=1S/C62H54N12O16/c63-69-65-33-47-49(85-55(75)39-19-7-1-8-20-39)51(87-57(77)41-23-11-3-12-24-41)53(89-59(79)43-27-15-5-16-28-43)61(83-47)81-37-45-35-73(71-67-45)31-32-74-36-46(68-72-74)38-82-62-54(90-60(80)44-29-17-6-18-30-44)52(88-58(78)42-25-13-4-14-26-42)50(48(84-62)34-66-70-64)86-56(76)40-21-9-2-10-22-40/h1-30,35-36,47-54,61-62H,31-34,37-38H2/t47-,48-,49-,50-,51+,52+,53+,54+,61+,62?/m1/s1. The first-order valence-electron chi connectivity index (χ1n) is 27.9. The van der Waals surface area contributed by atoms with E-state index in [0.717, 1.165) is 0 Å². The zero-order chi connectivity index (χ0) is 62.6. The summed E-state index contributed by atoms with van der Waals surface area (Å²) >= 11 is 0. The molecule has 4 heterocycles. The monoisotopic (exact) mass is 1220 g/mol. The molecule has 1 unspecified atom stereocenters. The summed E-state index contributed by atoms with van der Waals surface area (Å²) in [5.41, 5.74) is 20.1. The van der Waals surface area contributed by atoms with Crippen molar-refractivity contribution in [2.75, 3.05) is 13.1 Å². The number of azide groups is 2. The molecule has 0 bridgehead atoms. The summed E-state index contributed by atoms with van der Waals surface area (Å²) in [6.07, 6.45) is -12.2. The summed E-state index contributed by atoms with van der Waals surface area (Å²) in [4.78, 5) is 88.8. The van der Waals surface area contributed by atoms with Crippen LogP contribution < -0.4 is 0 Å². The van der Waals surface area contributed by atoms with Crippen molar-refractivity contribution in [2.45, 2.75) is 87.7 Å². The summed E-state index contributed by atoms with van der Waals surface area (Å²) in [5, 5.41) is 24.3. The lowest BCUT2D eigenvalue weighted by molar-refractivity contribution is -0.295. The van der Waals surface area contributed by atoms with E-state index in [-0.39, 0.29) is 71.1 Å². The highest BCUT2D eigenvalue weighted by molar-refractivity contribution is 5.93. The Morgan fingerprint density at radius 1 is 0.389 bits per heavy atom. The lowest BCUT2D eigenvalue weighted by Gasteiger charge is -2.44. The van der Waals surface area contributed by atoms with Crippen LogP contribution in [0.4, 0.5) is 0 Å². The van der Waals surface area contributed by atoms with E-state index in [4.69, 9.17) is 47.4 Å². The van der Waals surface area contributed by atoms with Gasteiger partial charge in [-0.25, -0.2) is 28.8 Å². The van der Waals surface area contributed by atoms with Crippen molar-refractivity contribution in [3.63, 3.8) is 0 Å². The third-order valence-corrected chi connectivity index (χ3v) is 13.9. The van der Waals surface area contributed by atoms with Crippen molar-refractivity contribution in [3.8, 4) is 0 Å². The maximum atomic E-state index is 13.9. The van der Waals surface area contributed by atoms with Gasteiger partial charge in [0.25, 0.3) is 0 Å². The minimum Gasteiger partial charge on any atom is -0.452 e. The molecule has 0 amide bonds. The lowest BCUT2D eigenvalue weighted by atomic mass is 9.97. The van der Waals surface area contributed by atoms with E-state index in [1.807, 2.05) is 0 Å². The predicted octanol–water partition coefficient (Wildman–Crippen LogP) is 8.03. The fourth-order valence-corrected chi connectivity index (χ4v) is 9.52. The van der Waals surface area contributed by atoms with Gasteiger partial charge in [0.15, 0.2) is 49.2 Å². The Morgan fingerprint density at radius 2 is 0.644 bits per heavy atom. The van der Waals surface area contributed by atoms with Crippen LogP contribution in [0.3, 0.4) is 0 Å². The van der Waals surface area contributed by atoms with Crippen molar-refractivity contribution in [2.24, 2.45) is 10.2 Å². The summed E-state index contributed by atoms with van der Waals surface area (Å²) in [7, 11) is 0. The summed E-state index contributed by atoms with van der Waals surface area (Å²) in [6, 6.07) is 47.7. The molecule has 10 atom stereocenters. The molecule has 2 aliphatic heterocycles. The average Bonchev–Trinajstić information content (AvgIpc) is 1.05. The summed E-state index contributed by atoms with van der Waals surface area (Å²) in [6.45, 7) is -1.25. The molecule has 90 heavy (non-hydrogen) atoms. The number of nitrogens with zero attached hydrogens (tertiary/aromatic N) is 12. The fraction of sp³-hybridized carbons (Fsp3) is 0.258. The van der Waals surface area contributed by atoms with E-state index >= 15 is 0 Å². The normalized spacial score (nSPS) is 21.0. The van der Waals surface area contributed by atoms with E-state index in [1.165, 1.54) is 82.2 Å². The van der Waals surface area contributed by atoms with Crippen molar-refractivity contribution in [3.05, 3.63) is 260 Å². The maximum absolute atomic E-state index is 13.9. The van der Waals surface area contributed by atoms with Crippen LogP contribution in [-0.4, -0.2) is 140 Å². The van der Waals surface area contributed by atoms with E-state index in [0.29, 0.717) is 0 Å². The number of hydrogen-bond acceptors (Lipinski definition) is 22. The first-order valence-corrected chi connectivity index (χ1v) is 27.9. The quantitative estimate of drug-likeness (QED) is 0.0172. The van der Waals surface area contributed by atoms with Gasteiger partial charge in [-0.05, 0) is 83.9 Å². The number of esters is 6. The van der Waals surface area contributed by atoms with Gasteiger partial charge in [0.1, 0.15) is 23.6 Å². The van der Waals surface area contributed by atoms with Crippen molar-refractivity contribution in [1.29, 1.82) is 0 Å². The number of rotatable bonds is 25. The van der Waals surface area contributed by atoms with Crippen LogP contribution >= 0.6 is 0 Å². The molecule has 8 aromatic rings. The van der Waals surface area contributed by atoms with Crippen LogP contribution in [0.5, 0.6) is 0 Å². The highest BCUT2D eigenvalue weighted by Gasteiger charge is 2.55. The van der Waals surface area contributed by atoms with Crippen LogP contribution in [-0.2, 0) is 73.7 Å². The van der Waals surface area contributed by atoms with E-state index in [9.17, 15) is 39.8 Å². The molecule has 28 nitrogen and oxygen atoms in total. The molecule has 0 saturated carbocycles. The Kier molecular flexibility index (Phi) is 21.0. The Morgan fingerprint density at radius 3 is 0.911 bits per heavy atom. The van der Waals surface area contributed by atoms with E-state index in [2.05, 4.69) is 40.7 Å². The molecule has 28 heteroatoms. The summed E-state index contributed by atoms with van der Waals surface area (Å²) in [5.74, 6) is -5.18. The van der Waals surface area contributed by atoms with Gasteiger partial charge in [0.2, 0.25) is 0 Å². The van der Waals surface area contributed by atoms with Crippen LogP contribution in [0.1, 0.15) is 73.5 Å². The number of carbonyl (C=O) groups is 6. The van der Waals surface area contributed by atoms with Crippen LogP contribution in [0.2, 0.25) is 0 Å². The number of aromatic nitrogens is 6. The van der Waals surface area contributed by atoms with Gasteiger partial charge < -0.3 is 47.4 Å². The second kappa shape index (κ2) is 30.5. The van der Waals surface area contributed by atoms with Gasteiger partial charge in [-0.15, -0.1) is 10.2 Å². The number of benzene rings is 6. The molecular formula is C62H54N12O16. The SMILES string of the molecule is [N-]=[N+]=NC[C@H]1O[C@H](OCc2cn(CCn3cc(COC4O[C@H](CN=[N+]=[N-])[C@@H](OC(=O)c5ccccc5)[C@H](OC(=O)c5ccccc5)[C@@H]4OC(=O)c4ccccc4)nn3)nn2)[C@@H](OC(=O)c2ccccc2)[C@@H](OC(=O)c2ccccc2)[C@@H]1OC(=O)c1ccccc1. The molecule has 10 rings (SSSR count). The largest absolute Gasteiger partial charge is 0.452 e. The van der Waals surface area contributed by atoms with Crippen molar-refractivity contribution < 1.29 is 76.1 Å². The first kappa shape index (κ1) is 61.9. The number of hydrogen-bond donors (Lipinski definition) is 0. The smallest absolute Gasteiger partial charge is 0.338 e. The Bertz CT molecular complexity index is 3570.